The molecule has 0 aliphatic carbocycles. The Kier molecular flexibility index (Phi) is 8.53. The second-order valence-electron chi connectivity index (χ2n) is 10.4. The lowest BCUT2D eigenvalue weighted by molar-refractivity contribution is 0.103. The van der Waals surface area contributed by atoms with Gasteiger partial charge in [-0.15, -0.1) is 0 Å². The quantitative estimate of drug-likeness (QED) is 0.180. The van der Waals surface area contributed by atoms with E-state index < -0.39 is 0 Å². The topological polar surface area (TPSA) is 123 Å². The van der Waals surface area contributed by atoms with Gasteiger partial charge in [0.2, 0.25) is 0 Å². The third-order valence-corrected chi connectivity index (χ3v) is 7.17. The molecule has 1 aliphatic rings. The zero-order valence-corrected chi connectivity index (χ0v) is 24.8. The van der Waals surface area contributed by atoms with Crippen LogP contribution in [0.5, 0.6) is 11.5 Å². The van der Waals surface area contributed by atoms with Crippen LogP contribution in [0.3, 0.4) is 0 Å². The number of phenols is 2. The molecule has 0 unspecified atom stereocenters. The van der Waals surface area contributed by atoms with Crippen molar-refractivity contribution in [3.05, 3.63) is 131 Å². The number of benzene rings is 4. The van der Waals surface area contributed by atoms with Crippen molar-refractivity contribution in [3.8, 4) is 11.5 Å². The van der Waals surface area contributed by atoms with Crippen LogP contribution in [-0.4, -0.2) is 33.2 Å². The number of hydrogen-bond acceptors (Lipinski definition) is 8. The standard InChI is InChI=1S/C36H32N4O4/c1-21-33(35(43)25-11-9-13-27(41)19-25)22(2)38-31-17-7-8-18-32(31)40-24(4)34(36(44)26-12-10-14-28(42)20-26)23(3)39-30-16-6-5-15-29(30)37-21/h5-20,37,40-42H,1-4H3/b33-21+,34-24+,38-22?,39-23?. The van der Waals surface area contributed by atoms with E-state index in [9.17, 15) is 19.8 Å². The van der Waals surface area contributed by atoms with Crippen molar-refractivity contribution in [2.45, 2.75) is 27.7 Å². The molecule has 0 saturated carbocycles. The SMILES string of the molecule is CC1=Nc2ccccc2N/C(C)=C(/C(=O)c2cccc(O)c2)C(C)=Nc2ccccc2N/C(C)=C\1C(=O)c1cccc(O)c1. The number of phenolic OH excluding ortho intramolecular Hbond substituents is 2. The number of hydrogen-bond donors (Lipinski definition) is 4. The number of fused-ring (bicyclic) bond motifs is 2. The first-order chi connectivity index (χ1) is 21.1. The van der Waals surface area contributed by atoms with E-state index in [4.69, 9.17) is 9.98 Å². The summed E-state index contributed by atoms with van der Waals surface area (Å²) in [5.41, 5.74) is 5.61. The van der Waals surface area contributed by atoms with E-state index in [1.54, 1.807) is 52.0 Å². The van der Waals surface area contributed by atoms with Crippen molar-refractivity contribution < 1.29 is 19.8 Å². The summed E-state index contributed by atoms with van der Waals surface area (Å²) in [6.45, 7) is 7.10. The van der Waals surface area contributed by atoms with Crippen LogP contribution in [0.15, 0.2) is 130 Å². The number of anilines is 2. The molecule has 0 spiro atoms. The Morgan fingerprint density at radius 3 is 1.32 bits per heavy atom. The maximum Gasteiger partial charge on any atom is 0.196 e. The highest BCUT2D eigenvalue weighted by Gasteiger charge is 2.23. The molecule has 4 aromatic carbocycles. The van der Waals surface area contributed by atoms with Gasteiger partial charge in [0.05, 0.1) is 45.3 Å². The van der Waals surface area contributed by atoms with Crippen LogP contribution in [0.1, 0.15) is 48.4 Å². The van der Waals surface area contributed by atoms with Gasteiger partial charge in [-0.1, -0.05) is 48.5 Å². The summed E-state index contributed by atoms with van der Waals surface area (Å²) in [6, 6.07) is 27.1. The summed E-state index contributed by atoms with van der Waals surface area (Å²) in [5, 5.41) is 26.9. The summed E-state index contributed by atoms with van der Waals surface area (Å²) in [5.74, 6) is -0.644. The Morgan fingerprint density at radius 2 is 0.932 bits per heavy atom. The summed E-state index contributed by atoms with van der Waals surface area (Å²) in [4.78, 5) is 37.6. The average Bonchev–Trinajstić information content (AvgIpc) is 2.99. The number of Topliss-reactive ketones (excluding diaryl/α,β-unsaturated/α-hetero) is 2. The number of aromatic hydroxyl groups is 2. The highest BCUT2D eigenvalue weighted by atomic mass is 16.3. The van der Waals surface area contributed by atoms with E-state index in [0.29, 0.717) is 67.8 Å². The van der Waals surface area contributed by atoms with Gasteiger partial charge < -0.3 is 20.8 Å². The van der Waals surface area contributed by atoms with E-state index in [0.717, 1.165) is 0 Å². The maximum atomic E-state index is 13.9. The Bertz CT molecular complexity index is 1780. The monoisotopic (exact) mass is 584 g/mol. The van der Waals surface area contributed by atoms with Crippen LogP contribution >= 0.6 is 0 Å². The molecule has 4 N–H and O–H groups in total. The number of rotatable bonds is 4. The fourth-order valence-corrected chi connectivity index (χ4v) is 5.15. The minimum absolute atomic E-state index is 0.0134. The van der Waals surface area contributed by atoms with Gasteiger partial charge in [0.15, 0.2) is 11.6 Å². The lowest BCUT2D eigenvalue weighted by Crippen LogP contribution is -2.18. The van der Waals surface area contributed by atoms with E-state index >= 15 is 0 Å². The van der Waals surface area contributed by atoms with E-state index in [1.165, 1.54) is 24.3 Å². The molecule has 1 heterocycles. The molecule has 0 radical (unpaired) electrons. The third kappa shape index (κ3) is 6.34. The van der Waals surface area contributed by atoms with Crippen molar-refractivity contribution in [2.75, 3.05) is 10.6 Å². The number of para-hydroxylation sites is 4. The van der Waals surface area contributed by atoms with Crippen LogP contribution in [0.2, 0.25) is 0 Å². The summed E-state index contributed by atoms with van der Waals surface area (Å²) >= 11 is 0. The molecule has 44 heavy (non-hydrogen) atoms. The van der Waals surface area contributed by atoms with Gasteiger partial charge in [0, 0.05) is 22.5 Å². The zero-order chi connectivity index (χ0) is 31.4. The first-order valence-corrected chi connectivity index (χ1v) is 14.0. The van der Waals surface area contributed by atoms with Crippen molar-refractivity contribution in [2.24, 2.45) is 9.98 Å². The molecule has 8 nitrogen and oxygen atoms in total. The van der Waals surface area contributed by atoms with Gasteiger partial charge in [-0.05, 0) is 76.2 Å². The highest BCUT2D eigenvalue weighted by Crippen LogP contribution is 2.32. The molecule has 5 rings (SSSR count). The number of aliphatic imine (C=N–C) groups is 2. The number of carbonyl (C=O) groups is 2. The molecular formula is C36H32N4O4. The lowest BCUT2D eigenvalue weighted by atomic mass is 9.97. The number of nitrogens with zero attached hydrogens (tertiary/aromatic N) is 2. The van der Waals surface area contributed by atoms with Gasteiger partial charge in [0.1, 0.15) is 11.5 Å². The molecule has 0 saturated heterocycles. The molecular weight excluding hydrogens is 552 g/mol. The molecule has 0 bridgehead atoms. The lowest BCUT2D eigenvalue weighted by Gasteiger charge is -2.19. The Morgan fingerprint density at radius 1 is 0.545 bits per heavy atom. The van der Waals surface area contributed by atoms with Crippen LogP contribution < -0.4 is 10.6 Å². The minimum atomic E-state index is -0.308. The van der Waals surface area contributed by atoms with Crippen molar-refractivity contribution >= 4 is 45.7 Å². The second-order valence-corrected chi connectivity index (χ2v) is 10.4. The molecule has 0 atom stereocenters. The molecule has 4 aromatic rings. The summed E-state index contributed by atoms with van der Waals surface area (Å²) < 4.78 is 0. The molecule has 220 valence electrons. The Hall–Kier alpha value is -5.76. The van der Waals surface area contributed by atoms with Gasteiger partial charge in [-0.25, -0.2) is 0 Å². The van der Waals surface area contributed by atoms with E-state index in [1.807, 2.05) is 48.5 Å². The third-order valence-electron chi connectivity index (χ3n) is 7.17. The minimum Gasteiger partial charge on any atom is -0.508 e. The zero-order valence-electron chi connectivity index (χ0n) is 24.8. The highest BCUT2D eigenvalue weighted by molar-refractivity contribution is 6.29. The van der Waals surface area contributed by atoms with Crippen molar-refractivity contribution in [1.82, 2.24) is 0 Å². The summed E-state index contributed by atoms with van der Waals surface area (Å²) in [6.07, 6.45) is 0. The number of allylic oxidation sites excluding steroid dienone is 4. The smallest absolute Gasteiger partial charge is 0.196 e. The molecule has 0 amide bonds. The van der Waals surface area contributed by atoms with Gasteiger partial charge in [0.25, 0.3) is 0 Å². The van der Waals surface area contributed by atoms with Gasteiger partial charge >= 0.3 is 0 Å². The van der Waals surface area contributed by atoms with Gasteiger partial charge in [-0.2, -0.15) is 0 Å². The van der Waals surface area contributed by atoms with Crippen molar-refractivity contribution in [3.63, 3.8) is 0 Å². The fraction of sp³-hybridized carbons (Fsp3) is 0.111. The van der Waals surface area contributed by atoms with Crippen LogP contribution in [0.25, 0.3) is 0 Å². The van der Waals surface area contributed by atoms with Crippen molar-refractivity contribution in [1.29, 1.82) is 0 Å². The number of nitrogens with one attached hydrogen (secondary N) is 2. The van der Waals surface area contributed by atoms with Crippen LogP contribution in [-0.2, 0) is 0 Å². The van der Waals surface area contributed by atoms with Crippen LogP contribution in [0.4, 0.5) is 22.7 Å². The van der Waals surface area contributed by atoms with E-state index in [-0.39, 0.29) is 23.1 Å². The normalized spacial score (nSPS) is 17.1. The Labute approximate surface area is 255 Å². The fourth-order valence-electron chi connectivity index (χ4n) is 5.15. The number of ketones is 2. The largest absolute Gasteiger partial charge is 0.508 e. The van der Waals surface area contributed by atoms with Gasteiger partial charge in [-0.3, -0.25) is 19.6 Å². The molecule has 8 heteroatoms. The predicted molar refractivity (Wildman–Crippen MR) is 176 cm³/mol. The van der Waals surface area contributed by atoms with E-state index in [2.05, 4.69) is 10.6 Å². The first kappa shape index (κ1) is 29.7. The second kappa shape index (κ2) is 12.6. The predicted octanol–water partition coefficient (Wildman–Crippen LogP) is 8.13. The summed E-state index contributed by atoms with van der Waals surface area (Å²) in [7, 11) is 0. The first-order valence-electron chi connectivity index (χ1n) is 14.0. The van der Waals surface area contributed by atoms with Crippen LogP contribution in [0, 0.1) is 0 Å². The number of carbonyl (C=O) groups excluding carboxylic acids is 2. The maximum absolute atomic E-state index is 13.9. The Balaban J connectivity index is 1.75. The molecule has 1 aliphatic heterocycles. The average molecular weight is 585 g/mol. The molecule has 0 aromatic heterocycles. The molecule has 0 fully saturated rings.